The van der Waals surface area contributed by atoms with E-state index in [2.05, 4.69) is 4.99 Å². The van der Waals surface area contributed by atoms with Crippen molar-refractivity contribution in [2.24, 2.45) is 4.99 Å². The molecule has 0 aliphatic carbocycles. The molecule has 0 saturated carbocycles. The van der Waals surface area contributed by atoms with Crippen molar-refractivity contribution in [1.29, 1.82) is 0 Å². The Morgan fingerprint density at radius 3 is 2.68 bits per heavy atom. The van der Waals surface area contributed by atoms with Crippen LogP contribution >= 0.6 is 22.9 Å². The first-order valence-electron chi connectivity index (χ1n) is 9.89. The number of carbonyl (C=O) groups excluding carboxylic acids is 3. The zero-order valence-electron chi connectivity index (χ0n) is 16.8. The van der Waals surface area contributed by atoms with Crippen molar-refractivity contribution in [1.82, 2.24) is 4.57 Å². The SMILES string of the molecule is CCOCCn1c(=NC(=O)c2cccc(N3C(=O)CCC3=O)c2)sc2cc(Cl)ccc21. The lowest BCUT2D eigenvalue weighted by Crippen LogP contribution is -2.28. The Bertz CT molecular complexity index is 1230. The zero-order valence-corrected chi connectivity index (χ0v) is 18.4. The van der Waals surface area contributed by atoms with Gasteiger partial charge in [-0.1, -0.05) is 29.0 Å². The number of rotatable bonds is 6. The molecule has 1 fully saturated rings. The third kappa shape index (κ3) is 4.46. The second kappa shape index (κ2) is 9.13. The van der Waals surface area contributed by atoms with Crippen LogP contribution in [-0.2, 0) is 20.9 Å². The number of anilines is 1. The van der Waals surface area contributed by atoms with Gasteiger partial charge in [-0.15, -0.1) is 0 Å². The van der Waals surface area contributed by atoms with E-state index in [4.69, 9.17) is 16.3 Å². The number of nitrogens with zero attached hydrogens (tertiary/aromatic N) is 3. The van der Waals surface area contributed by atoms with Crippen LogP contribution in [0.4, 0.5) is 5.69 Å². The van der Waals surface area contributed by atoms with Crippen LogP contribution in [0, 0.1) is 0 Å². The van der Waals surface area contributed by atoms with E-state index in [1.165, 1.54) is 17.4 Å². The fraction of sp³-hybridized carbons (Fsp3) is 0.273. The van der Waals surface area contributed by atoms with E-state index in [1.54, 1.807) is 24.3 Å². The van der Waals surface area contributed by atoms with Crippen molar-refractivity contribution in [3.05, 3.63) is 57.9 Å². The summed E-state index contributed by atoms with van der Waals surface area (Å²) in [7, 11) is 0. The Kier molecular flexibility index (Phi) is 6.31. The number of hydrogen-bond donors (Lipinski definition) is 0. The van der Waals surface area contributed by atoms with Gasteiger partial charge in [-0.2, -0.15) is 4.99 Å². The number of aromatic nitrogens is 1. The molecule has 9 heteroatoms. The first kappa shape index (κ1) is 21.4. The van der Waals surface area contributed by atoms with Gasteiger partial charge in [0.25, 0.3) is 5.91 Å². The van der Waals surface area contributed by atoms with Crippen LogP contribution in [0.5, 0.6) is 0 Å². The van der Waals surface area contributed by atoms with E-state index in [0.29, 0.717) is 40.8 Å². The molecule has 1 aromatic heterocycles. The highest BCUT2D eigenvalue weighted by molar-refractivity contribution is 7.16. The molecule has 31 heavy (non-hydrogen) atoms. The van der Waals surface area contributed by atoms with Crippen molar-refractivity contribution in [3.8, 4) is 0 Å². The van der Waals surface area contributed by atoms with Gasteiger partial charge in [-0.25, -0.2) is 0 Å². The van der Waals surface area contributed by atoms with E-state index in [9.17, 15) is 14.4 Å². The predicted octanol–water partition coefficient (Wildman–Crippen LogP) is 3.79. The third-order valence-electron chi connectivity index (χ3n) is 4.91. The second-order valence-electron chi connectivity index (χ2n) is 6.94. The number of amides is 3. The topological polar surface area (TPSA) is 81.0 Å². The van der Waals surface area contributed by atoms with Gasteiger partial charge in [-0.3, -0.25) is 19.3 Å². The molecule has 1 aliphatic rings. The number of halogens is 1. The monoisotopic (exact) mass is 457 g/mol. The van der Waals surface area contributed by atoms with Crippen LogP contribution in [0.1, 0.15) is 30.1 Å². The Hall–Kier alpha value is -2.81. The van der Waals surface area contributed by atoms with Crippen molar-refractivity contribution in [2.45, 2.75) is 26.3 Å². The summed E-state index contributed by atoms with van der Waals surface area (Å²) in [5, 5.41) is 0.608. The minimum Gasteiger partial charge on any atom is -0.380 e. The summed E-state index contributed by atoms with van der Waals surface area (Å²) in [4.78, 5) is 43.0. The third-order valence-corrected chi connectivity index (χ3v) is 6.18. The lowest BCUT2D eigenvalue weighted by Gasteiger charge is -2.14. The molecule has 0 spiro atoms. The number of hydrogen-bond acceptors (Lipinski definition) is 5. The van der Waals surface area contributed by atoms with Gasteiger partial charge in [0, 0.05) is 36.6 Å². The Morgan fingerprint density at radius 1 is 1.16 bits per heavy atom. The van der Waals surface area contributed by atoms with Gasteiger partial charge in [0.2, 0.25) is 11.8 Å². The smallest absolute Gasteiger partial charge is 0.279 e. The molecule has 2 aromatic carbocycles. The largest absolute Gasteiger partial charge is 0.380 e. The van der Waals surface area contributed by atoms with E-state index in [1.807, 2.05) is 23.6 Å². The van der Waals surface area contributed by atoms with Crippen molar-refractivity contribution >= 4 is 56.6 Å². The molecule has 3 amide bonds. The van der Waals surface area contributed by atoms with Crippen molar-refractivity contribution < 1.29 is 19.1 Å². The van der Waals surface area contributed by atoms with Crippen LogP contribution in [0.15, 0.2) is 47.5 Å². The van der Waals surface area contributed by atoms with Crippen LogP contribution in [0.2, 0.25) is 5.02 Å². The summed E-state index contributed by atoms with van der Waals surface area (Å²) in [6.07, 6.45) is 0.372. The lowest BCUT2D eigenvalue weighted by atomic mass is 10.2. The average Bonchev–Trinajstić information content (AvgIpc) is 3.26. The Labute approximate surface area is 187 Å². The number of imide groups is 1. The fourth-order valence-corrected chi connectivity index (χ4v) is 4.77. The molecular weight excluding hydrogens is 438 g/mol. The van der Waals surface area contributed by atoms with E-state index in [0.717, 1.165) is 15.1 Å². The number of carbonyl (C=O) groups is 3. The minimum atomic E-state index is -0.455. The summed E-state index contributed by atoms with van der Waals surface area (Å²) in [5.41, 5.74) is 1.61. The van der Waals surface area contributed by atoms with Crippen LogP contribution in [-0.4, -0.2) is 35.5 Å². The molecular formula is C22H20ClN3O4S. The summed E-state index contributed by atoms with van der Waals surface area (Å²) < 4.78 is 8.32. The Morgan fingerprint density at radius 2 is 1.94 bits per heavy atom. The highest BCUT2D eigenvalue weighted by atomic mass is 35.5. The molecule has 0 unspecified atom stereocenters. The van der Waals surface area contributed by atoms with Gasteiger partial charge < -0.3 is 9.30 Å². The molecule has 0 N–H and O–H groups in total. The van der Waals surface area contributed by atoms with Gasteiger partial charge >= 0.3 is 0 Å². The first-order chi connectivity index (χ1) is 15.0. The highest BCUT2D eigenvalue weighted by Gasteiger charge is 2.30. The van der Waals surface area contributed by atoms with Gasteiger partial charge in [0.15, 0.2) is 4.80 Å². The lowest BCUT2D eigenvalue weighted by molar-refractivity contribution is -0.121. The number of fused-ring (bicyclic) bond motifs is 1. The Balaban J connectivity index is 1.72. The maximum atomic E-state index is 13.0. The predicted molar refractivity (Wildman–Crippen MR) is 119 cm³/mol. The maximum absolute atomic E-state index is 13.0. The van der Waals surface area contributed by atoms with Crippen LogP contribution < -0.4 is 9.70 Å². The molecule has 1 aliphatic heterocycles. The molecule has 3 aromatic rings. The highest BCUT2D eigenvalue weighted by Crippen LogP contribution is 2.24. The summed E-state index contributed by atoms with van der Waals surface area (Å²) >= 11 is 7.49. The summed E-state index contributed by atoms with van der Waals surface area (Å²) in [6, 6.07) is 12.0. The molecule has 1 saturated heterocycles. The van der Waals surface area contributed by atoms with Gasteiger partial charge in [-0.05, 0) is 43.3 Å². The number of thiazole rings is 1. The molecule has 2 heterocycles. The van der Waals surface area contributed by atoms with Crippen molar-refractivity contribution in [2.75, 3.05) is 18.1 Å². The number of benzene rings is 2. The van der Waals surface area contributed by atoms with E-state index in [-0.39, 0.29) is 24.7 Å². The maximum Gasteiger partial charge on any atom is 0.279 e. The molecule has 0 radical (unpaired) electrons. The molecule has 0 atom stereocenters. The van der Waals surface area contributed by atoms with Crippen LogP contribution in [0.25, 0.3) is 10.2 Å². The molecule has 0 bridgehead atoms. The van der Waals surface area contributed by atoms with Crippen molar-refractivity contribution in [3.63, 3.8) is 0 Å². The normalized spacial score (nSPS) is 14.8. The summed E-state index contributed by atoms with van der Waals surface area (Å²) in [6.45, 7) is 3.55. The average molecular weight is 458 g/mol. The summed E-state index contributed by atoms with van der Waals surface area (Å²) in [5.74, 6) is -0.980. The van der Waals surface area contributed by atoms with Crippen LogP contribution in [0.3, 0.4) is 0 Å². The van der Waals surface area contributed by atoms with Gasteiger partial charge in [0.05, 0.1) is 22.5 Å². The molecule has 7 nitrogen and oxygen atoms in total. The quantitative estimate of drug-likeness (QED) is 0.416. The first-order valence-corrected chi connectivity index (χ1v) is 11.1. The van der Waals surface area contributed by atoms with E-state index >= 15 is 0 Å². The van der Waals surface area contributed by atoms with Gasteiger partial charge in [0.1, 0.15) is 0 Å². The molecule has 160 valence electrons. The second-order valence-corrected chi connectivity index (χ2v) is 8.38. The standard InChI is InChI=1S/C22H20ClN3O4S/c1-2-30-11-10-25-17-7-6-15(23)13-18(17)31-22(25)24-21(29)14-4-3-5-16(12-14)26-19(27)8-9-20(26)28/h3-7,12-13H,2,8-11H2,1H3. The fourth-order valence-electron chi connectivity index (χ4n) is 3.44. The zero-order chi connectivity index (χ0) is 22.0. The molecule has 4 rings (SSSR count). The minimum absolute atomic E-state index is 0.186. The van der Waals surface area contributed by atoms with E-state index < -0.39 is 5.91 Å². The number of ether oxygens (including phenoxy) is 1.